The van der Waals surface area contributed by atoms with Crippen LogP contribution in [0.25, 0.3) is 0 Å². The van der Waals surface area contributed by atoms with Crippen LogP contribution in [0.3, 0.4) is 0 Å². The summed E-state index contributed by atoms with van der Waals surface area (Å²) in [6, 6.07) is 7.41. The zero-order valence-corrected chi connectivity index (χ0v) is 14.6. The molecular weight excluding hydrogens is 360 g/mol. The van der Waals surface area contributed by atoms with Crippen molar-refractivity contribution in [3.05, 3.63) is 40.5 Å². The highest BCUT2D eigenvalue weighted by Gasteiger charge is 2.29. The van der Waals surface area contributed by atoms with E-state index in [4.69, 9.17) is 0 Å². The molecule has 0 saturated carbocycles. The summed E-state index contributed by atoms with van der Waals surface area (Å²) in [5.74, 6) is -0.112. The SMILES string of the molecule is C[NH+]1CCN(C(=O)C2=CCC(=O)N(c3ccc(Br)cc3)N2)CC1. The monoisotopic (exact) mass is 379 g/mol. The van der Waals surface area contributed by atoms with Crippen molar-refractivity contribution in [3.63, 3.8) is 0 Å². The number of benzene rings is 1. The molecule has 0 bridgehead atoms. The molecule has 1 saturated heterocycles. The smallest absolute Gasteiger partial charge is 0.271 e. The lowest BCUT2D eigenvalue weighted by atomic mass is 10.2. The van der Waals surface area contributed by atoms with E-state index in [-0.39, 0.29) is 18.2 Å². The lowest BCUT2D eigenvalue weighted by Crippen LogP contribution is -3.12. The first kappa shape index (κ1) is 16.0. The third-order valence-corrected chi connectivity index (χ3v) is 4.71. The van der Waals surface area contributed by atoms with Crippen LogP contribution in [0, 0.1) is 0 Å². The Morgan fingerprint density at radius 3 is 2.52 bits per heavy atom. The van der Waals surface area contributed by atoms with Gasteiger partial charge in [-0.05, 0) is 30.3 Å². The molecule has 23 heavy (non-hydrogen) atoms. The molecule has 0 spiro atoms. The van der Waals surface area contributed by atoms with Gasteiger partial charge in [0.1, 0.15) is 5.70 Å². The van der Waals surface area contributed by atoms with E-state index in [9.17, 15) is 9.59 Å². The Morgan fingerprint density at radius 1 is 1.22 bits per heavy atom. The van der Waals surface area contributed by atoms with Crippen molar-refractivity contribution in [2.45, 2.75) is 6.42 Å². The first-order valence-electron chi connectivity index (χ1n) is 7.70. The number of quaternary nitrogens is 1. The van der Waals surface area contributed by atoms with Crippen LogP contribution in [0.5, 0.6) is 0 Å². The van der Waals surface area contributed by atoms with Gasteiger partial charge in [0.15, 0.2) is 0 Å². The van der Waals surface area contributed by atoms with Crippen LogP contribution in [0.4, 0.5) is 5.69 Å². The molecule has 3 rings (SSSR count). The number of halogens is 1. The molecule has 122 valence electrons. The van der Waals surface area contributed by atoms with E-state index in [1.54, 1.807) is 6.08 Å². The van der Waals surface area contributed by atoms with E-state index in [1.807, 2.05) is 29.2 Å². The van der Waals surface area contributed by atoms with Crippen molar-refractivity contribution in [1.29, 1.82) is 0 Å². The number of carbonyl (C=O) groups excluding carboxylic acids is 2. The van der Waals surface area contributed by atoms with E-state index in [2.05, 4.69) is 28.4 Å². The number of rotatable bonds is 2. The van der Waals surface area contributed by atoms with Gasteiger partial charge in [-0.3, -0.25) is 15.0 Å². The van der Waals surface area contributed by atoms with Gasteiger partial charge in [0.2, 0.25) is 5.91 Å². The van der Waals surface area contributed by atoms with Crippen LogP contribution in [0.1, 0.15) is 6.42 Å². The first-order chi connectivity index (χ1) is 11.0. The molecule has 7 heteroatoms. The van der Waals surface area contributed by atoms with Crippen molar-refractivity contribution in [2.24, 2.45) is 0 Å². The standard InChI is InChI=1S/C16H19BrN4O2/c1-19-8-10-20(11-9-19)16(23)14-6-7-15(22)21(18-14)13-4-2-12(17)3-5-13/h2-6,18H,7-11H2,1H3/p+1. The fourth-order valence-electron chi connectivity index (χ4n) is 2.70. The van der Waals surface area contributed by atoms with E-state index in [0.717, 1.165) is 36.3 Å². The van der Waals surface area contributed by atoms with Crippen molar-refractivity contribution in [2.75, 3.05) is 38.2 Å². The summed E-state index contributed by atoms with van der Waals surface area (Å²) in [5.41, 5.74) is 4.18. The summed E-state index contributed by atoms with van der Waals surface area (Å²) in [6.45, 7) is 3.40. The zero-order chi connectivity index (χ0) is 16.4. The molecule has 2 heterocycles. The molecule has 1 aromatic carbocycles. The third-order valence-electron chi connectivity index (χ3n) is 4.18. The number of piperazine rings is 1. The average molecular weight is 380 g/mol. The molecule has 2 amide bonds. The average Bonchev–Trinajstić information content (AvgIpc) is 2.56. The van der Waals surface area contributed by atoms with E-state index < -0.39 is 0 Å². The summed E-state index contributed by atoms with van der Waals surface area (Å²) in [4.78, 5) is 28.1. The number of hydrogen-bond acceptors (Lipinski definition) is 3. The second-order valence-corrected chi connectivity index (χ2v) is 6.80. The summed E-state index contributed by atoms with van der Waals surface area (Å²) in [7, 11) is 2.13. The topological polar surface area (TPSA) is 57.1 Å². The van der Waals surface area contributed by atoms with Gasteiger partial charge in [-0.25, -0.2) is 5.01 Å². The summed E-state index contributed by atoms with van der Waals surface area (Å²) >= 11 is 3.38. The molecule has 1 fully saturated rings. The molecule has 0 atom stereocenters. The molecule has 0 radical (unpaired) electrons. The summed E-state index contributed by atoms with van der Waals surface area (Å²) < 4.78 is 0.942. The minimum Gasteiger partial charge on any atom is -0.334 e. The molecule has 2 N–H and O–H groups in total. The van der Waals surface area contributed by atoms with Crippen molar-refractivity contribution < 1.29 is 14.5 Å². The second-order valence-electron chi connectivity index (χ2n) is 5.89. The Kier molecular flexibility index (Phi) is 4.68. The van der Waals surface area contributed by atoms with Gasteiger partial charge in [0.25, 0.3) is 5.91 Å². The number of carbonyl (C=O) groups is 2. The van der Waals surface area contributed by atoms with Crippen LogP contribution in [0.15, 0.2) is 40.5 Å². The van der Waals surface area contributed by atoms with E-state index >= 15 is 0 Å². The Labute approximate surface area is 143 Å². The van der Waals surface area contributed by atoms with Crippen LogP contribution in [-0.4, -0.2) is 49.9 Å². The Morgan fingerprint density at radius 2 is 1.87 bits per heavy atom. The van der Waals surface area contributed by atoms with Crippen molar-refractivity contribution in [1.82, 2.24) is 10.3 Å². The fraction of sp³-hybridized carbons (Fsp3) is 0.375. The first-order valence-corrected chi connectivity index (χ1v) is 8.50. The Hall–Kier alpha value is -1.86. The highest BCUT2D eigenvalue weighted by molar-refractivity contribution is 9.10. The van der Waals surface area contributed by atoms with Crippen LogP contribution < -0.4 is 15.3 Å². The maximum atomic E-state index is 12.6. The highest BCUT2D eigenvalue weighted by atomic mass is 79.9. The number of hydrogen-bond donors (Lipinski definition) is 2. The van der Waals surface area contributed by atoms with Crippen LogP contribution >= 0.6 is 15.9 Å². The molecule has 0 aromatic heterocycles. The lowest BCUT2D eigenvalue weighted by Gasteiger charge is -2.34. The van der Waals surface area contributed by atoms with Crippen LogP contribution in [0.2, 0.25) is 0 Å². The van der Waals surface area contributed by atoms with Gasteiger partial charge in [-0.15, -0.1) is 0 Å². The predicted molar refractivity (Wildman–Crippen MR) is 90.7 cm³/mol. The number of nitrogens with one attached hydrogen (secondary N) is 2. The molecular formula is C16H20BrN4O2+. The second kappa shape index (κ2) is 6.72. The van der Waals surface area contributed by atoms with E-state index in [0.29, 0.717) is 5.70 Å². The van der Waals surface area contributed by atoms with E-state index in [1.165, 1.54) is 9.91 Å². The number of amides is 2. The van der Waals surface area contributed by atoms with Gasteiger partial charge in [-0.2, -0.15) is 0 Å². The molecule has 6 nitrogen and oxygen atoms in total. The zero-order valence-electron chi connectivity index (χ0n) is 13.0. The number of anilines is 1. The summed E-state index contributed by atoms with van der Waals surface area (Å²) in [6.07, 6.45) is 1.91. The number of likely N-dealkylation sites (N-methyl/N-ethyl adjacent to an activating group) is 1. The Balaban J connectivity index is 1.73. The normalized spacial score (nSPS) is 19.4. The van der Waals surface area contributed by atoms with Gasteiger partial charge >= 0.3 is 0 Å². The third kappa shape index (κ3) is 3.56. The minimum atomic E-state index is -0.0771. The van der Waals surface area contributed by atoms with Gasteiger partial charge in [0.05, 0.1) is 38.9 Å². The van der Waals surface area contributed by atoms with Gasteiger partial charge < -0.3 is 9.80 Å². The minimum absolute atomic E-state index is 0.0351. The quantitative estimate of drug-likeness (QED) is 0.756. The maximum Gasteiger partial charge on any atom is 0.271 e. The van der Waals surface area contributed by atoms with Gasteiger partial charge in [0, 0.05) is 10.9 Å². The fourth-order valence-corrected chi connectivity index (χ4v) is 2.97. The maximum absolute atomic E-state index is 12.6. The summed E-state index contributed by atoms with van der Waals surface area (Å²) in [5, 5.41) is 1.45. The Bertz CT molecular complexity index is 636. The lowest BCUT2D eigenvalue weighted by molar-refractivity contribution is -0.883. The number of nitrogens with zero attached hydrogens (tertiary/aromatic N) is 2. The molecule has 0 aliphatic carbocycles. The largest absolute Gasteiger partial charge is 0.334 e. The van der Waals surface area contributed by atoms with Gasteiger partial charge in [-0.1, -0.05) is 15.9 Å². The molecule has 0 unspecified atom stereocenters. The highest BCUT2D eigenvalue weighted by Crippen LogP contribution is 2.21. The van der Waals surface area contributed by atoms with Crippen LogP contribution in [-0.2, 0) is 9.59 Å². The molecule has 2 aliphatic rings. The predicted octanol–water partition coefficient (Wildman–Crippen LogP) is -0.0688. The number of hydrazine groups is 1. The molecule has 1 aromatic rings. The molecule has 2 aliphatic heterocycles. The van der Waals surface area contributed by atoms with Crippen molar-refractivity contribution in [3.8, 4) is 0 Å². The van der Waals surface area contributed by atoms with Crippen molar-refractivity contribution >= 4 is 33.4 Å².